The van der Waals surface area contributed by atoms with Crippen LogP contribution in [0.5, 0.6) is 0 Å². The zero-order valence-electron chi connectivity index (χ0n) is 50.3. The number of rotatable bonds is 32. The summed E-state index contributed by atoms with van der Waals surface area (Å²) in [5.74, 6) is -4.57. The molecule has 3 rings (SSSR count). The van der Waals surface area contributed by atoms with Crippen molar-refractivity contribution in [1.29, 1.82) is 0 Å². The van der Waals surface area contributed by atoms with Gasteiger partial charge in [0, 0.05) is 147 Å². The number of aldehydes is 2. The molecule has 0 aliphatic carbocycles. The lowest BCUT2D eigenvalue weighted by Gasteiger charge is -2.32. The molecule has 28 nitrogen and oxygen atoms in total. The Kier molecular flexibility index (Phi) is 59.4. The van der Waals surface area contributed by atoms with Crippen molar-refractivity contribution < 1.29 is 87.4 Å². The van der Waals surface area contributed by atoms with Crippen LogP contribution in [0.2, 0.25) is 5.02 Å². The number of nitrogens with one attached hydrogen (secondary N) is 5. The van der Waals surface area contributed by atoms with Crippen molar-refractivity contribution in [1.82, 2.24) is 45.9 Å². The number of hydrogen-bond donors (Lipinski definition) is 10. The van der Waals surface area contributed by atoms with Gasteiger partial charge in [0.2, 0.25) is 30.0 Å². The summed E-state index contributed by atoms with van der Waals surface area (Å²) in [7, 11) is 3.06. The maximum absolute atomic E-state index is 12.7. The molecule has 1 aliphatic heterocycles. The van der Waals surface area contributed by atoms with Crippen LogP contribution in [0, 0.1) is 0 Å². The van der Waals surface area contributed by atoms with Gasteiger partial charge in [0.25, 0.3) is 0 Å². The number of carbonyl (C=O) groups excluding carboxylic acids is 7. The van der Waals surface area contributed by atoms with E-state index in [-0.39, 0.29) is 75.5 Å². The van der Waals surface area contributed by atoms with Gasteiger partial charge in [-0.15, -0.1) is 0 Å². The molecule has 0 spiro atoms. The van der Waals surface area contributed by atoms with Crippen molar-refractivity contribution in [2.75, 3.05) is 145 Å². The molecule has 1 aliphatic rings. The summed E-state index contributed by atoms with van der Waals surface area (Å²) in [5.41, 5.74) is 6.38. The monoisotopic (exact) mass is 1220 g/mol. The number of nitrogens with zero attached hydrogens (tertiary/aromatic N) is 4. The first-order chi connectivity index (χ1) is 40.3. The summed E-state index contributed by atoms with van der Waals surface area (Å²) in [5, 5.41) is 48.5. The Morgan fingerprint density at radius 3 is 1.35 bits per heavy atom. The van der Waals surface area contributed by atoms with Crippen LogP contribution >= 0.6 is 11.6 Å². The van der Waals surface area contributed by atoms with Crippen LogP contribution in [0.4, 0.5) is 0 Å². The minimum absolute atomic E-state index is 0.0531. The van der Waals surface area contributed by atoms with Gasteiger partial charge in [0.05, 0.1) is 52.6 Å². The molecule has 1 aromatic carbocycles. The number of hydrogen-bond acceptors (Lipinski definition) is 18. The first-order valence-corrected chi connectivity index (χ1v) is 28.4. The maximum atomic E-state index is 12.7. The van der Waals surface area contributed by atoms with Crippen LogP contribution < -0.4 is 27.0 Å². The smallest absolute Gasteiger partial charge is 0.317 e. The van der Waals surface area contributed by atoms with Crippen molar-refractivity contribution in [3.63, 3.8) is 0 Å². The molecular weight excluding hydrogens is 1120 g/mol. The number of carbonyl (C=O) groups is 11. The Morgan fingerprint density at radius 2 is 0.952 bits per heavy atom. The minimum atomic E-state index is -1.02. The number of aromatic nitrogens is 1. The van der Waals surface area contributed by atoms with E-state index in [1.165, 1.54) is 21.0 Å². The van der Waals surface area contributed by atoms with E-state index in [9.17, 15) is 58.5 Å². The predicted octanol–water partition coefficient (Wildman–Crippen LogP) is 1.35. The lowest BCUT2D eigenvalue weighted by molar-refractivity contribution is -0.140. The molecule has 0 bridgehead atoms. The van der Waals surface area contributed by atoms with E-state index in [2.05, 4.69) is 32.0 Å². The minimum Gasteiger partial charge on any atom is -0.481 e. The van der Waals surface area contributed by atoms with Crippen molar-refractivity contribution in [3.05, 3.63) is 35.0 Å². The maximum Gasteiger partial charge on any atom is 0.317 e. The number of halogens is 1. The van der Waals surface area contributed by atoms with Gasteiger partial charge in [-0.2, -0.15) is 0 Å². The molecule has 5 amide bonds. The average molecular weight is 1220 g/mol. The molecule has 1 aromatic heterocycles. The second-order valence-corrected chi connectivity index (χ2v) is 17.6. The number of benzene rings is 1. The van der Waals surface area contributed by atoms with Crippen molar-refractivity contribution >= 4 is 89.0 Å². The number of H-pyrrole nitrogens is 1. The molecule has 11 N–H and O–H groups in total. The Bertz CT molecular complexity index is 2070. The van der Waals surface area contributed by atoms with Gasteiger partial charge in [0.1, 0.15) is 12.6 Å². The van der Waals surface area contributed by atoms with Crippen molar-refractivity contribution in [2.24, 2.45) is 5.73 Å². The van der Waals surface area contributed by atoms with Crippen LogP contribution in [0.3, 0.4) is 0 Å². The van der Waals surface area contributed by atoms with Gasteiger partial charge in [0.15, 0.2) is 0 Å². The number of nitrogens with two attached hydrogens (primary N) is 1. The molecule has 0 unspecified atom stereocenters. The summed E-state index contributed by atoms with van der Waals surface area (Å²) >= 11 is 5.90. The first-order valence-electron chi connectivity index (χ1n) is 28.0. The summed E-state index contributed by atoms with van der Waals surface area (Å²) in [4.78, 5) is 128. The third-order valence-electron chi connectivity index (χ3n) is 10.9. The Labute approximate surface area is 499 Å². The van der Waals surface area contributed by atoms with Crippen LogP contribution in [0.15, 0.2) is 24.4 Å². The number of amides is 5. The number of aromatic amines is 1. The van der Waals surface area contributed by atoms with Gasteiger partial charge in [-0.25, -0.2) is 0 Å². The van der Waals surface area contributed by atoms with Gasteiger partial charge in [-0.3, -0.25) is 62.8 Å². The standard InChI is InChI=1S/C31H57N7O12.C11H10ClNO.C6H11NO3.C2H4O.2C2H6.CH3NO/c1-32-26(39)4-5-27(40)33-6-2-16-48-18-20-50-21-19-49-17-3-7-34-28(41)22-35-8-10-36(23-29(42)43)12-14-38(25-31(46)47)15-13-37(11-9-35)24-30(44)45;12-9-3-4-11-10(6-9)8(7-13-11)2-1-5-14;1-7-5(8)3-2-4-6(9)10;1-2-3;2*1-2;2-1-3/h2-25H2,1H3,(H,32,39)(H,33,40)(H,34,41)(H,42,43)(H,44,45)(H,46,47);3-7,13H,1-2H2;2-4H2,1H3,(H,7,8)(H,9,10);2H,1H3;2*1-2H3;1H,(H2,2,3). The molecular formula is C55H97ClN10O18. The van der Waals surface area contributed by atoms with Crippen LogP contribution in [0.25, 0.3) is 10.9 Å². The molecule has 84 heavy (non-hydrogen) atoms. The number of fused-ring (bicyclic) bond motifs is 1. The van der Waals surface area contributed by atoms with Gasteiger partial charge < -0.3 is 76.2 Å². The Balaban J connectivity index is -0.000000752. The van der Waals surface area contributed by atoms with E-state index < -0.39 is 23.9 Å². The topological polar surface area (TPSA) is 399 Å². The fraction of sp³-hybridized carbons (Fsp3) is 0.655. The fourth-order valence-electron chi connectivity index (χ4n) is 6.93. The summed E-state index contributed by atoms with van der Waals surface area (Å²) < 4.78 is 16.5. The second-order valence-electron chi connectivity index (χ2n) is 17.2. The fourth-order valence-corrected chi connectivity index (χ4v) is 7.10. The molecule has 0 radical (unpaired) electrons. The Hall–Kier alpha value is -6.66. The highest BCUT2D eigenvalue weighted by Gasteiger charge is 2.21. The number of aryl methyl sites for hydroxylation is 1. The van der Waals surface area contributed by atoms with E-state index >= 15 is 0 Å². The van der Waals surface area contributed by atoms with E-state index in [1.54, 1.807) is 14.7 Å². The number of aliphatic carboxylic acids is 4. The SMILES string of the molecule is CC.CC.CC=O.CNC(=O)CCC(=O)NCCCOCCOCCOCCCNC(=O)CN1CCN(CC(=O)O)CCN(CC(=O)O)CCN(CC(=O)O)CC1.CNC(=O)CCCC(=O)O.NC=O.O=CCCc1c[nH]c2ccc(Cl)cc12. The summed E-state index contributed by atoms with van der Waals surface area (Å²) in [6, 6.07) is 5.72. The molecule has 482 valence electrons. The van der Waals surface area contributed by atoms with Crippen molar-refractivity contribution in [3.8, 4) is 0 Å². The van der Waals surface area contributed by atoms with Crippen LogP contribution in [-0.2, 0) is 73.4 Å². The Morgan fingerprint density at radius 1 is 0.571 bits per heavy atom. The van der Waals surface area contributed by atoms with Gasteiger partial charge in [-0.05, 0) is 56.4 Å². The largest absolute Gasteiger partial charge is 0.481 e. The summed E-state index contributed by atoms with van der Waals surface area (Å²) in [6.45, 7) is 14.8. The van der Waals surface area contributed by atoms with Crippen LogP contribution in [0.1, 0.15) is 91.5 Å². The average Bonchev–Trinajstić information content (AvgIpc) is 4.12. The van der Waals surface area contributed by atoms with E-state index in [0.29, 0.717) is 137 Å². The highest BCUT2D eigenvalue weighted by atomic mass is 35.5. The lowest BCUT2D eigenvalue weighted by Crippen LogP contribution is -2.49. The molecule has 2 heterocycles. The van der Waals surface area contributed by atoms with E-state index in [4.69, 9.17) is 40.5 Å². The van der Waals surface area contributed by atoms with E-state index in [1.807, 2.05) is 57.0 Å². The number of ether oxygens (including phenoxy) is 3. The van der Waals surface area contributed by atoms with E-state index in [0.717, 1.165) is 40.5 Å². The highest BCUT2D eigenvalue weighted by molar-refractivity contribution is 6.31. The molecule has 2 aromatic rings. The van der Waals surface area contributed by atoms with Gasteiger partial charge >= 0.3 is 23.9 Å². The zero-order valence-corrected chi connectivity index (χ0v) is 51.1. The van der Waals surface area contributed by atoms with Crippen molar-refractivity contribution in [2.45, 2.75) is 92.4 Å². The third-order valence-corrected chi connectivity index (χ3v) is 11.1. The molecule has 0 atom stereocenters. The normalized spacial score (nSPS) is 12.7. The highest BCUT2D eigenvalue weighted by Crippen LogP contribution is 2.23. The van der Waals surface area contributed by atoms with Crippen LogP contribution in [-0.4, -0.2) is 257 Å². The third kappa shape index (κ3) is 53.4. The molecule has 0 saturated carbocycles. The first kappa shape index (κ1) is 83.8. The second kappa shape index (κ2) is 59.5. The lowest BCUT2D eigenvalue weighted by atomic mass is 10.1. The molecule has 1 saturated heterocycles. The number of carboxylic acids is 4. The molecule has 1 fully saturated rings. The summed E-state index contributed by atoms with van der Waals surface area (Å²) in [6.07, 6.45) is 7.51. The number of primary amides is 1. The predicted molar refractivity (Wildman–Crippen MR) is 318 cm³/mol. The molecule has 29 heteroatoms. The van der Waals surface area contributed by atoms with Gasteiger partial charge in [-0.1, -0.05) is 39.3 Å². The zero-order chi connectivity index (χ0) is 64.4. The number of carboxylic acid groups (broad SMARTS) is 4. The quantitative estimate of drug-likeness (QED) is 0.0365.